The Hall–Kier alpha value is -3.10. The molecule has 0 saturated carbocycles. The van der Waals surface area contributed by atoms with Gasteiger partial charge >= 0.3 is 0 Å². The quantitative estimate of drug-likeness (QED) is 0.468. The summed E-state index contributed by atoms with van der Waals surface area (Å²) in [5, 5.41) is 3.64. The standard InChI is InChI=1S/C23H22FN5OS/c1-30-18-7-5-16(6-8-18)23-27-17(14-31-23)13-28-9-11-29(12-10-28)22-21-19(24)3-2-4-20(21)25-15-26-22/h2-8,14-15H,9-13H2,1H3. The van der Waals surface area contributed by atoms with E-state index in [4.69, 9.17) is 9.72 Å². The van der Waals surface area contributed by atoms with Crippen LogP contribution in [0.1, 0.15) is 5.69 Å². The SMILES string of the molecule is COc1ccc(-c2nc(CN3CCN(c4ncnc5cccc(F)c45)CC3)cs2)cc1. The van der Waals surface area contributed by atoms with Crippen molar-refractivity contribution in [3.8, 4) is 16.3 Å². The van der Waals surface area contributed by atoms with Crippen molar-refractivity contribution < 1.29 is 9.13 Å². The highest BCUT2D eigenvalue weighted by atomic mass is 32.1. The first kappa shape index (κ1) is 19.8. The van der Waals surface area contributed by atoms with Crippen LogP contribution in [0.15, 0.2) is 54.2 Å². The molecule has 4 aromatic rings. The number of thiazole rings is 1. The number of aromatic nitrogens is 3. The number of piperazine rings is 1. The number of methoxy groups -OCH3 is 1. The number of hydrogen-bond acceptors (Lipinski definition) is 7. The van der Waals surface area contributed by atoms with Gasteiger partial charge in [0.25, 0.3) is 0 Å². The van der Waals surface area contributed by atoms with Crippen LogP contribution in [-0.4, -0.2) is 53.1 Å². The van der Waals surface area contributed by atoms with Gasteiger partial charge in [-0.1, -0.05) is 6.07 Å². The minimum absolute atomic E-state index is 0.274. The molecule has 8 heteroatoms. The third-order valence-corrected chi connectivity index (χ3v) is 6.48. The van der Waals surface area contributed by atoms with Gasteiger partial charge in [-0.15, -0.1) is 11.3 Å². The van der Waals surface area contributed by atoms with Crippen molar-refractivity contribution in [2.24, 2.45) is 0 Å². The number of fused-ring (bicyclic) bond motifs is 1. The summed E-state index contributed by atoms with van der Waals surface area (Å²) < 4.78 is 19.6. The highest BCUT2D eigenvalue weighted by Crippen LogP contribution is 2.28. The summed E-state index contributed by atoms with van der Waals surface area (Å²) in [6, 6.07) is 12.9. The lowest BCUT2D eigenvalue weighted by atomic mass is 10.2. The first-order valence-corrected chi connectivity index (χ1v) is 11.0. The summed E-state index contributed by atoms with van der Waals surface area (Å²) >= 11 is 1.66. The molecule has 0 amide bonds. The number of rotatable bonds is 5. The van der Waals surface area contributed by atoms with E-state index in [0.29, 0.717) is 16.7 Å². The molecule has 2 aromatic carbocycles. The van der Waals surface area contributed by atoms with Crippen LogP contribution in [0.5, 0.6) is 5.75 Å². The van der Waals surface area contributed by atoms with Crippen LogP contribution in [0.2, 0.25) is 0 Å². The Morgan fingerprint density at radius 2 is 1.84 bits per heavy atom. The number of nitrogens with zero attached hydrogens (tertiary/aromatic N) is 5. The highest BCUT2D eigenvalue weighted by Gasteiger charge is 2.22. The molecular formula is C23H22FN5OS. The number of hydrogen-bond donors (Lipinski definition) is 0. The maximum Gasteiger partial charge on any atom is 0.142 e. The normalized spacial score (nSPS) is 14.8. The van der Waals surface area contributed by atoms with Crippen molar-refractivity contribution in [1.29, 1.82) is 0 Å². The van der Waals surface area contributed by atoms with Crippen molar-refractivity contribution in [3.05, 3.63) is 65.7 Å². The molecule has 1 saturated heterocycles. The van der Waals surface area contributed by atoms with Gasteiger partial charge in [0.15, 0.2) is 0 Å². The summed E-state index contributed by atoms with van der Waals surface area (Å²) in [6.07, 6.45) is 1.51. The summed E-state index contributed by atoms with van der Waals surface area (Å²) in [6.45, 7) is 4.12. The average Bonchev–Trinajstić information content (AvgIpc) is 3.28. The van der Waals surface area contributed by atoms with Crippen molar-refractivity contribution in [2.45, 2.75) is 6.54 Å². The number of benzene rings is 2. The van der Waals surface area contributed by atoms with E-state index in [-0.39, 0.29) is 5.82 Å². The molecule has 0 radical (unpaired) electrons. The molecule has 0 unspecified atom stereocenters. The maximum atomic E-state index is 14.4. The molecule has 0 bridgehead atoms. The Bertz CT molecular complexity index is 1180. The van der Waals surface area contributed by atoms with Gasteiger partial charge in [-0.05, 0) is 36.4 Å². The minimum Gasteiger partial charge on any atom is -0.497 e. The van der Waals surface area contributed by atoms with Crippen LogP contribution in [-0.2, 0) is 6.54 Å². The molecule has 1 fully saturated rings. The summed E-state index contributed by atoms with van der Waals surface area (Å²) in [7, 11) is 1.67. The van der Waals surface area contributed by atoms with Gasteiger partial charge < -0.3 is 9.64 Å². The summed E-state index contributed by atoms with van der Waals surface area (Å²) in [4.78, 5) is 17.9. The Balaban J connectivity index is 1.24. The van der Waals surface area contributed by atoms with Crippen LogP contribution in [0.3, 0.4) is 0 Å². The van der Waals surface area contributed by atoms with Crippen molar-refractivity contribution in [1.82, 2.24) is 19.9 Å². The number of anilines is 1. The molecule has 1 aliphatic heterocycles. The molecule has 5 rings (SSSR count). The minimum atomic E-state index is -0.274. The van der Waals surface area contributed by atoms with Crippen molar-refractivity contribution >= 4 is 28.1 Å². The van der Waals surface area contributed by atoms with Gasteiger partial charge in [0.2, 0.25) is 0 Å². The molecule has 0 N–H and O–H groups in total. The molecule has 0 aliphatic carbocycles. The van der Waals surface area contributed by atoms with Crippen LogP contribution in [0.4, 0.5) is 10.2 Å². The zero-order valence-corrected chi connectivity index (χ0v) is 18.0. The highest BCUT2D eigenvalue weighted by molar-refractivity contribution is 7.13. The summed E-state index contributed by atoms with van der Waals surface area (Å²) in [5.74, 6) is 1.25. The van der Waals surface area contributed by atoms with Gasteiger partial charge in [-0.3, -0.25) is 4.90 Å². The van der Waals surface area contributed by atoms with Gasteiger partial charge in [-0.25, -0.2) is 19.3 Å². The zero-order valence-electron chi connectivity index (χ0n) is 17.2. The van der Waals surface area contributed by atoms with E-state index in [2.05, 4.69) is 25.1 Å². The first-order chi connectivity index (χ1) is 15.2. The lowest BCUT2D eigenvalue weighted by molar-refractivity contribution is 0.247. The third kappa shape index (κ3) is 4.08. The molecule has 31 heavy (non-hydrogen) atoms. The number of ether oxygens (including phenoxy) is 1. The average molecular weight is 436 g/mol. The van der Waals surface area contributed by atoms with Crippen LogP contribution >= 0.6 is 11.3 Å². The van der Waals surface area contributed by atoms with Gasteiger partial charge in [-0.2, -0.15) is 0 Å². The van der Waals surface area contributed by atoms with Gasteiger partial charge in [0.1, 0.15) is 28.7 Å². The van der Waals surface area contributed by atoms with Crippen molar-refractivity contribution in [3.63, 3.8) is 0 Å². The fourth-order valence-electron chi connectivity index (χ4n) is 3.88. The smallest absolute Gasteiger partial charge is 0.142 e. The molecule has 158 valence electrons. The van der Waals surface area contributed by atoms with E-state index in [1.54, 1.807) is 24.5 Å². The van der Waals surface area contributed by atoms with E-state index in [1.165, 1.54) is 12.4 Å². The van der Waals surface area contributed by atoms with Crippen LogP contribution in [0, 0.1) is 5.82 Å². The molecule has 3 heterocycles. The second kappa shape index (κ2) is 8.56. The number of halogens is 1. The second-order valence-electron chi connectivity index (χ2n) is 7.47. The zero-order chi connectivity index (χ0) is 21.2. The van der Waals surface area contributed by atoms with E-state index in [9.17, 15) is 4.39 Å². The molecule has 2 aromatic heterocycles. The monoisotopic (exact) mass is 435 g/mol. The largest absolute Gasteiger partial charge is 0.497 e. The van der Waals surface area contributed by atoms with E-state index in [0.717, 1.165) is 54.7 Å². The van der Waals surface area contributed by atoms with Crippen molar-refractivity contribution in [2.75, 3.05) is 38.2 Å². The third-order valence-electron chi connectivity index (χ3n) is 5.54. The first-order valence-electron chi connectivity index (χ1n) is 10.2. The molecule has 0 atom stereocenters. The molecule has 6 nitrogen and oxygen atoms in total. The van der Waals surface area contributed by atoms with Crippen LogP contribution in [0.25, 0.3) is 21.5 Å². The Kier molecular flexibility index (Phi) is 5.48. The molecular weight excluding hydrogens is 413 g/mol. The Morgan fingerprint density at radius 3 is 2.61 bits per heavy atom. The molecule has 1 aliphatic rings. The maximum absolute atomic E-state index is 14.4. The predicted octanol–water partition coefficient (Wildman–Crippen LogP) is 4.22. The van der Waals surface area contributed by atoms with Crippen LogP contribution < -0.4 is 9.64 Å². The lowest BCUT2D eigenvalue weighted by Crippen LogP contribution is -2.46. The fourth-order valence-corrected chi connectivity index (χ4v) is 4.70. The summed E-state index contributed by atoms with van der Waals surface area (Å²) in [5.41, 5.74) is 2.81. The van der Waals surface area contributed by atoms with E-state index >= 15 is 0 Å². The predicted molar refractivity (Wildman–Crippen MR) is 121 cm³/mol. The fraction of sp³-hybridized carbons (Fsp3) is 0.261. The van der Waals surface area contributed by atoms with E-state index in [1.807, 2.05) is 30.3 Å². The molecule has 0 spiro atoms. The lowest BCUT2D eigenvalue weighted by Gasteiger charge is -2.35. The second-order valence-corrected chi connectivity index (χ2v) is 8.33. The topological polar surface area (TPSA) is 54.4 Å². The van der Waals surface area contributed by atoms with Gasteiger partial charge in [0.05, 0.1) is 23.7 Å². The van der Waals surface area contributed by atoms with Gasteiger partial charge in [0, 0.05) is 43.7 Å². The van der Waals surface area contributed by atoms with E-state index < -0.39 is 0 Å². The Morgan fingerprint density at radius 1 is 1.03 bits per heavy atom. The Labute approximate surface area is 184 Å².